The molecule has 0 bridgehead atoms. The van der Waals surface area contributed by atoms with Gasteiger partial charge in [0.1, 0.15) is 0 Å². The molecule has 1 heterocycles. The van der Waals surface area contributed by atoms with Crippen LogP contribution in [0.3, 0.4) is 0 Å². The summed E-state index contributed by atoms with van der Waals surface area (Å²) in [6, 6.07) is 2.22. The van der Waals surface area contributed by atoms with Gasteiger partial charge >= 0.3 is 0 Å². The first-order chi connectivity index (χ1) is 9.19. The normalized spacial score (nSPS) is 15.6. The van der Waals surface area contributed by atoms with Gasteiger partial charge in [-0.15, -0.1) is 23.7 Å². The van der Waals surface area contributed by atoms with E-state index in [-0.39, 0.29) is 24.4 Å². The number of nitrogens with two attached hydrogens (primary N) is 1. The highest BCUT2D eigenvalue weighted by Crippen LogP contribution is 2.32. The minimum Gasteiger partial charge on any atom is -0.347 e. The highest BCUT2D eigenvalue weighted by atomic mass is 35.5. The van der Waals surface area contributed by atoms with E-state index < -0.39 is 0 Å². The lowest BCUT2D eigenvalue weighted by atomic mass is 10.1. The first-order valence-corrected chi connectivity index (χ1v) is 8.13. The summed E-state index contributed by atoms with van der Waals surface area (Å²) in [5.74, 6) is 0.666. The molecule has 3 nitrogen and oxygen atoms in total. The zero-order valence-electron chi connectivity index (χ0n) is 12.3. The minimum atomic E-state index is 0. The Kier molecular flexibility index (Phi) is 7.00. The summed E-state index contributed by atoms with van der Waals surface area (Å²) in [5.41, 5.74) is 7.06. The summed E-state index contributed by atoms with van der Waals surface area (Å²) in [6.45, 7) is 4.87. The van der Waals surface area contributed by atoms with Crippen LogP contribution >= 0.6 is 23.7 Å². The van der Waals surface area contributed by atoms with E-state index >= 15 is 0 Å². The third kappa shape index (κ3) is 4.21. The van der Waals surface area contributed by atoms with Gasteiger partial charge < -0.3 is 11.1 Å². The van der Waals surface area contributed by atoms with Crippen molar-refractivity contribution in [3.8, 4) is 0 Å². The van der Waals surface area contributed by atoms with E-state index in [0.29, 0.717) is 12.5 Å². The van der Waals surface area contributed by atoms with Crippen molar-refractivity contribution in [1.82, 2.24) is 5.32 Å². The van der Waals surface area contributed by atoms with Crippen LogP contribution in [0.15, 0.2) is 6.07 Å². The predicted octanol–water partition coefficient (Wildman–Crippen LogP) is 3.15. The Morgan fingerprint density at radius 1 is 1.50 bits per heavy atom. The molecule has 1 aliphatic carbocycles. The van der Waals surface area contributed by atoms with Gasteiger partial charge in [-0.25, -0.2) is 0 Å². The predicted molar refractivity (Wildman–Crippen MR) is 88.0 cm³/mol. The van der Waals surface area contributed by atoms with Gasteiger partial charge in [-0.2, -0.15) is 0 Å². The van der Waals surface area contributed by atoms with Gasteiger partial charge in [-0.05, 0) is 43.2 Å². The van der Waals surface area contributed by atoms with Crippen molar-refractivity contribution < 1.29 is 4.79 Å². The number of halogens is 1. The fraction of sp³-hybridized carbons (Fsp3) is 0.667. The molecule has 20 heavy (non-hydrogen) atoms. The van der Waals surface area contributed by atoms with E-state index in [1.54, 1.807) is 11.3 Å². The maximum absolute atomic E-state index is 12.3. The molecule has 1 fully saturated rings. The third-order valence-electron chi connectivity index (χ3n) is 3.74. The second kappa shape index (κ2) is 8.01. The molecule has 0 radical (unpaired) electrons. The molecule has 1 saturated carbocycles. The van der Waals surface area contributed by atoms with Crippen LogP contribution < -0.4 is 11.1 Å². The average molecular weight is 317 g/mol. The molecule has 0 aliphatic heterocycles. The highest BCUT2D eigenvalue weighted by molar-refractivity contribution is 7.14. The molecule has 5 heteroatoms. The molecule has 114 valence electrons. The van der Waals surface area contributed by atoms with Crippen molar-refractivity contribution in [2.24, 2.45) is 11.7 Å². The topological polar surface area (TPSA) is 55.1 Å². The van der Waals surface area contributed by atoms with Crippen LogP contribution in [0.4, 0.5) is 0 Å². The van der Waals surface area contributed by atoms with Crippen molar-refractivity contribution in [1.29, 1.82) is 0 Å². The van der Waals surface area contributed by atoms with Crippen molar-refractivity contribution in [3.63, 3.8) is 0 Å². The van der Waals surface area contributed by atoms with Gasteiger partial charge in [0.25, 0.3) is 5.91 Å². The van der Waals surface area contributed by atoms with Crippen LogP contribution in [0, 0.1) is 5.92 Å². The number of aryl methyl sites for hydroxylation is 2. The van der Waals surface area contributed by atoms with E-state index in [1.165, 1.54) is 23.3 Å². The lowest BCUT2D eigenvalue weighted by molar-refractivity contribution is 0.0937. The molecule has 1 unspecified atom stereocenters. The lowest BCUT2D eigenvalue weighted by Gasteiger charge is -2.15. The lowest BCUT2D eigenvalue weighted by Crippen LogP contribution is -2.41. The quantitative estimate of drug-likeness (QED) is 0.812. The zero-order valence-corrected chi connectivity index (χ0v) is 13.9. The summed E-state index contributed by atoms with van der Waals surface area (Å²) < 4.78 is 0. The largest absolute Gasteiger partial charge is 0.347 e. The summed E-state index contributed by atoms with van der Waals surface area (Å²) in [6.07, 6.45) is 5.61. The van der Waals surface area contributed by atoms with Gasteiger partial charge in [0.15, 0.2) is 0 Å². The van der Waals surface area contributed by atoms with Crippen LogP contribution in [-0.2, 0) is 12.8 Å². The molecule has 1 atom stereocenters. The summed E-state index contributed by atoms with van der Waals surface area (Å²) >= 11 is 1.65. The zero-order chi connectivity index (χ0) is 13.8. The van der Waals surface area contributed by atoms with E-state index in [2.05, 4.69) is 25.2 Å². The molecule has 0 aromatic carbocycles. The standard InChI is InChI=1S/C15H24N2OS.ClH/c1-3-5-13-10(4-2)8-14(19-13)15(18)17-12(9-16)11-6-7-11;/h8,11-12H,3-7,9,16H2,1-2H3,(H,17,18);1H. The molecule has 1 aromatic heterocycles. The number of carbonyl (C=O) groups excluding carboxylic acids is 1. The summed E-state index contributed by atoms with van der Waals surface area (Å²) in [4.78, 5) is 14.5. The molecule has 1 aromatic rings. The Morgan fingerprint density at radius 2 is 2.20 bits per heavy atom. The maximum Gasteiger partial charge on any atom is 0.261 e. The van der Waals surface area contributed by atoms with Crippen LogP contribution in [0.2, 0.25) is 0 Å². The first-order valence-electron chi connectivity index (χ1n) is 7.32. The maximum atomic E-state index is 12.3. The van der Waals surface area contributed by atoms with Crippen molar-refractivity contribution >= 4 is 29.7 Å². The van der Waals surface area contributed by atoms with Gasteiger partial charge in [0.2, 0.25) is 0 Å². The van der Waals surface area contributed by atoms with Crippen LogP contribution in [0.5, 0.6) is 0 Å². The molecule has 1 aliphatic rings. The molecule has 0 saturated heterocycles. The Balaban J connectivity index is 0.00000200. The van der Waals surface area contributed by atoms with Gasteiger partial charge in [-0.1, -0.05) is 20.3 Å². The fourth-order valence-corrected chi connectivity index (χ4v) is 3.68. The van der Waals surface area contributed by atoms with E-state index in [4.69, 9.17) is 5.73 Å². The number of hydrogen-bond donors (Lipinski definition) is 2. The number of thiophene rings is 1. The molecular formula is C15H25ClN2OS. The monoisotopic (exact) mass is 316 g/mol. The number of carbonyl (C=O) groups is 1. The number of hydrogen-bond acceptors (Lipinski definition) is 3. The highest BCUT2D eigenvalue weighted by Gasteiger charge is 2.31. The van der Waals surface area contributed by atoms with E-state index in [0.717, 1.165) is 24.1 Å². The fourth-order valence-electron chi connectivity index (χ4n) is 2.42. The summed E-state index contributed by atoms with van der Waals surface area (Å²) in [5, 5.41) is 3.10. The van der Waals surface area contributed by atoms with Gasteiger partial charge in [0.05, 0.1) is 4.88 Å². The first kappa shape index (κ1) is 17.5. The second-order valence-corrected chi connectivity index (χ2v) is 6.45. The minimum absolute atomic E-state index is 0. The van der Waals surface area contributed by atoms with E-state index in [9.17, 15) is 4.79 Å². The number of amides is 1. The van der Waals surface area contributed by atoms with Gasteiger partial charge in [-0.3, -0.25) is 4.79 Å². The number of rotatable bonds is 7. The Hall–Kier alpha value is -0.580. The molecule has 1 amide bonds. The van der Waals surface area contributed by atoms with Crippen LogP contribution in [-0.4, -0.2) is 18.5 Å². The van der Waals surface area contributed by atoms with Crippen molar-refractivity contribution in [2.45, 2.75) is 52.0 Å². The van der Waals surface area contributed by atoms with Gasteiger partial charge in [0, 0.05) is 17.5 Å². The second-order valence-electron chi connectivity index (χ2n) is 5.32. The van der Waals surface area contributed by atoms with Crippen molar-refractivity contribution in [3.05, 3.63) is 21.4 Å². The average Bonchev–Trinajstić information content (AvgIpc) is 3.17. The number of nitrogens with one attached hydrogen (secondary N) is 1. The molecule has 0 spiro atoms. The Morgan fingerprint density at radius 3 is 2.70 bits per heavy atom. The molecular weight excluding hydrogens is 292 g/mol. The van der Waals surface area contributed by atoms with Crippen LogP contribution in [0.1, 0.15) is 53.2 Å². The van der Waals surface area contributed by atoms with Crippen molar-refractivity contribution in [2.75, 3.05) is 6.54 Å². The Bertz CT molecular complexity index is 443. The molecule has 2 rings (SSSR count). The third-order valence-corrected chi connectivity index (χ3v) is 4.98. The summed E-state index contributed by atoms with van der Waals surface area (Å²) in [7, 11) is 0. The SMILES string of the molecule is CCCc1sc(C(=O)NC(CN)C2CC2)cc1CC.Cl. The van der Waals surface area contributed by atoms with Crippen LogP contribution in [0.25, 0.3) is 0 Å². The Labute approximate surface area is 131 Å². The van der Waals surface area contributed by atoms with E-state index in [1.807, 2.05) is 0 Å². The smallest absolute Gasteiger partial charge is 0.261 e. The molecule has 3 N–H and O–H groups in total.